The molecule has 0 bridgehead atoms. The van der Waals surface area contributed by atoms with Crippen molar-refractivity contribution >= 4 is 11.8 Å². The standard InChI is InChI=1S/C12H19N3OS/c13-12(5-1-2-6-12)11-14-10(16-15-11)9-3-7-17-8-4-9/h9H,1-8,13H2. The van der Waals surface area contributed by atoms with Crippen LogP contribution in [-0.2, 0) is 5.54 Å². The molecule has 2 aliphatic rings. The van der Waals surface area contributed by atoms with E-state index >= 15 is 0 Å². The summed E-state index contributed by atoms with van der Waals surface area (Å²) in [6.07, 6.45) is 6.66. The Morgan fingerprint density at radius 3 is 2.65 bits per heavy atom. The van der Waals surface area contributed by atoms with Gasteiger partial charge in [0.2, 0.25) is 5.89 Å². The molecule has 2 N–H and O–H groups in total. The van der Waals surface area contributed by atoms with Gasteiger partial charge in [-0.15, -0.1) is 0 Å². The van der Waals surface area contributed by atoms with Crippen molar-refractivity contribution in [2.24, 2.45) is 5.73 Å². The second-order valence-corrected chi connectivity index (χ2v) is 6.43. The summed E-state index contributed by atoms with van der Waals surface area (Å²) in [5, 5.41) is 4.13. The molecule has 2 heterocycles. The third kappa shape index (κ3) is 2.22. The summed E-state index contributed by atoms with van der Waals surface area (Å²) in [6.45, 7) is 0. The van der Waals surface area contributed by atoms with Gasteiger partial charge in [0.25, 0.3) is 0 Å². The van der Waals surface area contributed by atoms with Crippen molar-refractivity contribution in [1.82, 2.24) is 10.1 Å². The molecule has 1 saturated heterocycles. The monoisotopic (exact) mass is 253 g/mol. The summed E-state index contributed by atoms with van der Waals surface area (Å²) < 4.78 is 5.43. The molecule has 1 saturated carbocycles. The molecule has 3 rings (SSSR count). The fourth-order valence-electron chi connectivity index (χ4n) is 2.78. The van der Waals surface area contributed by atoms with E-state index in [1.165, 1.54) is 24.3 Å². The van der Waals surface area contributed by atoms with Crippen LogP contribution >= 0.6 is 11.8 Å². The van der Waals surface area contributed by atoms with Crippen LogP contribution in [0.1, 0.15) is 56.2 Å². The summed E-state index contributed by atoms with van der Waals surface area (Å²) in [5.74, 6) is 4.43. The van der Waals surface area contributed by atoms with Crippen LogP contribution in [0, 0.1) is 0 Å². The van der Waals surface area contributed by atoms with Crippen LogP contribution in [0.25, 0.3) is 0 Å². The lowest BCUT2D eigenvalue weighted by Crippen LogP contribution is -2.34. The minimum atomic E-state index is -0.314. The normalized spacial score (nSPS) is 25.2. The molecule has 1 aliphatic carbocycles. The molecule has 17 heavy (non-hydrogen) atoms. The molecule has 0 amide bonds. The first-order valence-corrected chi connectivity index (χ1v) is 7.64. The highest BCUT2D eigenvalue weighted by atomic mass is 32.2. The summed E-state index contributed by atoms with van der Waals surface area (Å²) in [5.41, 5.74) is 6.02. The van der Waals surface area contributed by atoms with Gasteiger partial charge in [0.15, 0.2) is 5.82 Å². The van der Waals surface area contributed by atoms with Crippen molar-refractivity contribution in [2.45, 2.75) is 50.0 Å². The number of nitrogens with two attached hydrogens (primary N) is 1. The van der Waals surface area contributed by atoms with E-state index in [2.05, 4.69) is 10.1 Å². The van der Waals surface area contributed by atoms with Crippen LogP contribution in [0.3, 0.4) is 0 Å². The largest absolute Gasteiger partial charge is 0.339 e. The second kappa shape index (κ2) is 4.61. The van der Waals surface area contributed by atoms with Gasteiger partial charge < -0.3 is 10.3 Å². The third-order valence-corrected chi connectivity index (χ3v) is 5.00. The maximum atomic E-state index is 6.33. The van der Waals surface area contributed by atoms with Gasteiger partial charge >= 0.3 is 0 Å². The van der Waals surface area contributed by atoms with E-state index in [1.807, 2.05) is 11.8 Å². The highest BCUT2D eigenvalue weighted by Gasteiger charge is 2.36. The smallest absolute Gasteiger partial charge is 0.229 e. The quantitative estimate of drug-likeness (QED) is 0.876. The SMILES string of the molecule is NC1(c2noc(C3CCSCC3)n2)CCCC1. The summed E-state index contributed by atoms with van der Waals surface area (Å²) in [6, 6.07) is 0. The predicted octanol–water partition coefficient (Wildman–Crippen LogP) is 2.41. The first-order valence-electron chi connectivity index (χ1n) is 6.49. The molecule has 0 atom stereocenters. The van der Waals surface area contributed by atoms with E-state index < -0.39 is 0 Å². The van der Waals surface area contributed by atoms with Crippen molar-refractivity contribution in [2.75, 3.05) is 11.5 Å². The van der Waals surface area contributed by atoms with E-state index in [-0.39, 0.29) is 5.54 Å². The molecule has 1 aromatic rings. The predicted molar refractivity (Wildman–Crippen MR) is 67.9 cm³/mol. The average molecular weight is 253 g/mol. The zero-order chi connectivity index (χ0) is 11.7. The second-order valence-electron chi connectivity index (χ2n) is 5.21. The number of aromatic nitrogens is 2. The van der Waals surface area contributed by atoms with Crippen LogP contribution in [0.5, 0.6) is 0 Å². The van der Waals surface area contributed by atoms with Gasteiger partial charge in [0.05, 0.1) is 5.54 Å². The topological polar surface area (TPSA) is 64.9 Å². The first-order chi connectivity index (χ1) is 8.28. The van der Waals surface area contributed by atoms with E-state index in [0.717, 1.165) is 37.4 Å². The molecular formula is C12H19N3OS. The minimum Gasteiger partial charge on any atom is -0.339 e. The molecule has 0 unspecified atom stereocenters. The molecule has 1 aromatic heterocycles. The molecule has 5 heteroatoms. The van der Waals surface area contributed by atoms with Gasteiger partial charge in [-0.25, -0.2) is 0 Å². The van der Waals surface area contributed by atoms with E-state index in [9.17, 15) is 0 Å². The Morgan fingerprint density at radius 1 is 1.24 bits per heavy atom. The zero-order valence-electron chi connectivity index (χ0n) is 10.0. The average Bonchev–Trinajstić information content (AvgIpc) is 2.99. The Morgan fingerprint density at radius 2 is 1.94 bits per heavy atom. The fourth-order valence-corrected chi connectivity index (χ4v) is 3.88. The van der Waals surface area contributed by atoms with Gasteiger partial charge in [-0.1, -0.05) is 18.0 Å². The minimum absolute atomic E-state index is 0.314. The van der Waals surface area contributed by atoms with E-state index in [1.54, 1.807) is 0 Å². The Balaban J connectivity index is 1.77. The van der Waals surface area contributed by atoms with Crippen LogP contribution in [0.4, 0.5) is 0 Å². The molecule has 0 aromatic carbocycles. The lowest BCUT2D eigenvalue weighted by atomic mass is 9.98. The summed E-state index contributed by atoms with van der Waals surface area (Å²) >= 11 is 2.01. The zero-order valence-corrected chi connectivity index (χ0v) is 10.8. The maximum Gasteiger partial charge on any atom is 0.229 e. The third-order valence-electron chi connectivity index (χ3n) is 3.95. The number of nitrogens with zero attached hydrogens (tertiary/aromatic N) is 2. The molecule has 1 aliphatic heterocycles. The van der Waals surface area contributed by atoms with E-state index in [0.29, 0.717) is 5.92 Å². The Hall–Kier alpha value is -0.550. The lowest BCUT2D eigenvalue weighted by molar-refractivity contribution is 0.328. The highest BCUT2D eigenvalue weighted by Crippen LogP contribution is 2.36. The number of hydrogen-bond donors (Lipinski definition) is 1. The maximum absolute atomic E-state index is 6.33. The van der Waals surface area contributed by atoms with Crippen molar-refractivity contribution in [1.29, 1.82) is 0 Å². The summed E-state index contributed by atoms with van der Waals surface area (Å²) in [7, 11) is 0. The van der Waals surface area contributed by atoms with Crippen molar-refractivity contribution in [3.63, 3.8) is 0 Å². The molecule has 94 valence electrons. The Labute approximate surface area is 106 Å². The van der Waals surface area contributed by atoms with Crippen molar-refractivity contribution in [3.8, 4) is 0 Å². The van der Waals surface area contributed by atoms with Gasteiger partial charge in [0.1, 0.15) is 0 Å². The molecule has 0 radical (unpaired) electrons. The molecule has 4 nitrogen and oxygen atoms in total. The lowest BCUT2D eigenvalue weighted by Gasteiger charge is -2.19. The van der Waals surface area contributed by atoms with Gasteiger partial charge in [0, 0.05) is 5.92 Å². The van der Waals surface area contributed by atoms with Crippen molar-refractivity contribution < 1.29 is 4.52 Å². The Bertz CT molecular complexity index is 381. The number of thioether (sulfide) groups is 1. The highest BCUT2D eigenvalue weighted by molar-refractivity contribution is 7.99. The van der Waals surface area contributed by atoms with Gasteiger partial charge in [-0.05, 0) is 37.2 Å². The van der Waals surface area contributed by atoms with Crippen LogP contribution < -0.4 is 5.73 Å². The van der Waals surface area contributed by atoms with Crippen LogP contribution in [0.15, 0.2) is 4.52 Å². The first kappa shape index (κ1) is 11.5. The number of hydrogen-bond acceptors (Lipinski definition) is 5. The fraction of sp³-hybridized carbons (Fsp3) is 0.833. The summed E-state index contributed by atoms with van der Waals surface area (Å²) in [4.78, 5) is 4.58. The molecule has 2 fully saturated rings. The van der Waals surface area contributed by atoms with Gasteiger partial charge in [-0.2, -0.15) is 16.7 Å². The van der Waals surface area contributed by atoms with Crippen molar-refractivity contribution in [3.05, 3.63) is 11.7 Å². The van der Waals surface area contributed by atoms with Crippen LogP contribution in [0.2, 0.25) is 0 Å². The van der Waals surface area contributed by atoms with Crippen LogP contribution in [-0.4, -0.2) is 21.6 Å². The van der Waals surface area contributed by atoms with Gasteiger partial charge in [-0.3, -0.25) is 0 Å². The van der Waals surface area contributed by atoms with E-state index in [4.69, 9.17) is 10.3 Å². The molecular weight excluding hydrogens is 234 g/mol. The Kier molecular flexibility index (Phi) is 3.13. The molecule has 0 spiro atoms. The number of rotatable bonds is 2.